The molecule has 1 aromatic rings. The van der Waals surface area contributed by atoms with Crippen molar-refractivity contribution < 1.29 is 9.18 Å². The highest BCUT2D eigenvalue weighted by molar-refractivity contribution is 6.48. The maximum Gasteiger partial charge on any atom is 0.255 e. The SMILES string of the molecule is N#CC1c2cc(F)ccc2C(=O)N1C1CCN(C2CCC(Cl)(Cl)CC2)CC1. The van der Waals surface area contributed by atoms with E-state index in [4.69, 9.17) is 23.2 Å². The van der Waals surface area contributed by atoms with Gasteiger partial charge in [0, 0.05) is 36.3 Å². The molecule has 144 valence electrons. The fourth-order valence-corrected chi connectivity index (χ4v) is 5.22. The van der Waals surface area contributed by atoms with Gasteiger partial charge in [0.05, 0.1) is 6.07 Å². The Morgan fingerprint density at radius 3 is 2.41 bits per heavy atom. The Hall–Kier alpha value is -1.35. The molecule has 2 heterocycles. The van der Waals surface area contributed by atoms with E-state index in [1.165, 1.54) is 18.2 Å². The highest BCUT2D eigenvalue weighted by Gasteiger charge is 2.43. The quantitative estimate of drug-likeness (QED) is 0.678. The second kappa shape index (κ2) is 7.24. The number of carbonyl (C=O) groups excluding carboxylic acids is 1. The van der Waals surface area contributed by atoms with Gasteiger partial charge in [-0.1, -0.05) is 0 Å². The predicted molar refractivity (Wildman–Crippen MR) is 102 cm³/mol. The van der Waals surface area contributed by atoms with Crippen molar-refractivity contribution in [3.63, 3.8) is 0 Å². The summed E-state index contributed by atoms with van der Waals surface area (Å²) >= 11 is 12.5. The van der Waals surface area contributed by atoms with Crippen LogP contribution in [-0.4, -0.2) is 45.2 Å². The van der Waals surface area contributed by atoms with E-state index in [1.807, 2.05) is 0 Å². The zero-order valence-corrected chi connectivity index (χ0v) is 16.5. The summed E-state index contributed by atoms with van der Waals surface area (Å²) in [6.45, 7) is 1.78. The Morgan fingerprint density at radius 1 is 1.11 bits per heavy atom. The molecule has 1 amide bonds. The molecule has 0 bridgehead atoms. The molecule has 1 atom stereocenters. The van der Waals surface area contributed by atoms with Gasteiger partial charge in [0.15, 0.2) is 0 Å². The normalized spacial score (nSPS) is 26.8. The first-order valence-corrected chi connectivity index (χ1v) is 10.3. The van der Waals surface area contributed by atoms with Crippen molar-refractivity contribution in [1.82, 2.24) is 9.80 Å². The van der Waals surface area contributed by atoms with Crippen LogP contribution in [0, 0.1) is 17.1 Å². The van der Waals surface area contributed by atoms with E-state index in [0.717, 1.165) is 51.6 Å². The fraction of sp³-hybridized carbons (Fsp3) is 0.600. The molecule has 1 saturated heterocycles. The molecular formula is C20H22Cl2FN3O. The Morgan fingerprint density at radius 2 is 1.78 bits per heavy atom. The van der Waals surface area contributed by atoms with Crippen LogP contribution in [0.1, 0.15) is 60.5 Å². The van der Waals surface area contributed by atoms with Gasteiger partial charge < -0.3 is 9.80 Å². The van der Waals surface area contributed by atoms with E-state index in [1.54, 1.807) is 4.90 Å². The highest BCUT2D eigenvalue weighted by Crippen LogP contribution is 2.41. The van der Waals surface area contributed by atoms with E-state index in [2.05, 4.69) is 11.0 Å². The summed E-state index contributed by atoms with van der Waals surface area (Å²) in [6.07, 6.45) is 5.25. The molecule has 0 radical (unpaired) electrons. The summed E-state index contributed by atoms with van der Waals surface area (Å²) in [4.78, 5) is 17.0. The number of nitrogens with zero attached hydrogens (tertiary/aromatic N) is 3. The molecule has 1 saturated carbocycles. The van der Waals surface area contributed by atoms with Crippen LogP contribution in [0.15, 0.2) is 18.2 Å². The summed E-state index contributed by atoms with van der Waals surface area (Å²) in [7, 11) is 0. The summed E-state index contributed by atoms with van der Waals surface area (Å²) in [5.41, 5.74) is 0.955. The molecule has 3 aliphatic rings. The number of piperidine rings is 1. The number of amides is 1. The molecule has 4 rings (SSSR count). The van der Waals surface area contributed by atoms with Crippen LogP contribution in [0.2, 0.25) is 0 Å². The van der Waals surface area contributed by atoms with Gasteiger partial charge >= 0.3 is 0 Å². The first-order chi connectivity index (χ1) is 12.9. The lowest BCUT2D eigenvalue weighted by molar-refractivity contribution is 0.0463. The summed E-state index contributed by atoms with van der Waals surface area (Å²) in [5.74, 6) is -0.563. The van der Waals surface area contributed by atoms with Crippen LogP contribution in [0.5, 0.6) is 0 Å². The van der Waals surface area contributed by atoms with Gasteiger partial charge in [-0.2, -0.15) is 5.26 Å². The number of rotatable bonds is 2. The first-order valence-electron chi connectivity index (χ1n) is 9.53. The average molecular weight is 410 g/mol. The Labute approximate surface area is 168 Å². The molecule has 0 N–H and O–H groups in total. The number of benzene rings is 1. The maximum atomic E-state index is 13.6. The van der Waals surface area contributed by atoms with E-state index in [9.17, 15) is 14.4 Å². The summed E-state index contributed by atoms with van der Waals surface area (Å²) < 4.78 is 13.0. The third-order valence-electron chi connectivity index (χ3n) is 6.27. The van der Waals surface area contributed by atoms with Crippen molar-refractivity contribution in [2.24, 2.45) is 0 Å². The van der Waals surface area contributed by atoms with Crippen molar-refractivity contribution >= 4 is 29.1 Å². The topological polar surface area (TPSA) is 47.3 Å². The van der Waals surface area contributed by atoms with E-state index >= 15 is 0 Å². The molecule has 0 spiro atoms. The number of alkyl halides is 2. The zero-order chi connectivity index (χ0) is 19.2. The first kappa shape index (κ1) is 19.0. The van der Waals surface area contributed by atoms with Gasteiger partial charge in [-0.25, -0.2) is 4.39 Å². The molecular weight excluding hydrogens is 388 g/mol. The van der Waals surface area contributed by atoms with Gasteiger partial charge in [-0.05, 0) is 56.7 Å². The minimum atomic E-state index is -0.692. The molecule has 2 aliphatic heterocycles. The number of carbonyl (C=O) groups is 1. The zero-order valence-electron chi connectivity index (χ0n) is 15.0. The lowest BCUT2D eigenvalue weighted by Gasteiger charge is -2.43. The molecule has 27 heavy (non-hydrogen) atoms. The van der Waals surface area contributed by atoms with E-state index < -0.39 is 16.2 Å². The predicted octanol–water partition coefficient (Wildman–Crippen LogP) is 4.43. The monoisotopic (exact) mass is 409 g/mol. The Bertz CT molecular complexity index is 776. The standard InChI is InChI=1S/C20H22Cl2FN3O/c21-20(22)7-3-14(4-8-20)25-9-5-15(6-10-25)26-18(12-24)17-11-13(23)1-2-16(17)19(26)27/h1-2,11,14-15,18H,3-10H2. The molecule has 4 nitrogen and oxygen atoms in total. The third-order valence-corrected chi connectivity index (χ3v) is 7.03. The molecule has 0 aromatic heterocycles. The number of nitriles is 1. The summed E-state index contributed by atoms with van der Waals surface area (Å²) in [5, 5.41) is 9.63. The van der Waals surface area contributed by atoms with Crippen LogP contribution in [0.3, 0.4) is 0 Å². The summed E-state index contributed by atoms with van der Waals surface area (Å²) in [6, 6.07) is 6.12. The number of halogens is 3. The average Bonchev–Trinajstić information content (AvgIpc) is 2.93. The number of likely N-dealkylation sites (tertiary alicyclic amines) is 1. The van der Waals surface area contributed by atoms with Crippen molar-refractivity contribution in [1.29, 1.82) is 5.26 Å². The maximum absolute atomic E-state index is 13.6. The lowest BCUT2D eigenvalue weighted by atomic mass is 9.91. The Balaban J connectivity index is 1.43. The van der Waals surface area contributed by atoms with Crippen molar-refractivity contribution in [2.75, 3.05) is 13.1 Å². The smallest absolute Gasteiger partial charge is 0.255 e. The minimum absolute atomic E-state index is 0.0117. The van der Waals surface area contributed by atoms with Gasteiger partial charge in [0.2, 0.25) is 0 Å². The van der Waals surface area contributed by atoms with Crippen LogP contribution >= 0.6 is 23.2 Å². The molecule has 2 fully saturated rings. The number of hydrogen-bond donors (Lipinski definition) is 0. The second-order valence-electron chi connectivity index (χ2n) is 7.83. The van der Waals surface area contributed by atoms with Crippen molar-refractivity contribution in [3.05, 3.63) is 35.1 Å². The van der Waals surface area contributed by atoms with Crippen LogP contribution < -0.4 is 0 Å². The third kappa shape index (κ3) is 3.55. The van der Waals surface area contributed by atoms with Gasteiger partial charge in [0.1, 0.15) is 16.2 Å². The lowest BCUT2D eigenvalue weighted by Crippen LogP contribution is -2.50. The van der Waals surface area contributed by atoms with Crippen molar-refractivity contribution in [2.45, 2.75) is 61.0 Å². The largest absolute Gasteiger partial charge is 0.315 e. The van der Waals surface area contributed by atoms with Crippen LogP contribution in [0.4, 0.5) is 4.39 Å². The van der Waals surface area contributed by atoms with Gasteiger partial charge in [-0.15, -0.1) is 23.2 Å². The van der Waals surface area contributed by atoms with Gasteiger partial charge in [-0.3, -0.25) is 4.79 Å². The van der Waals surface area contributed by atoms with Crippen molar-refractivity contribution in [3.8, 4) is 6.07 Å². The highest BCUT2D eigenvalue weighted by atomic mass is 35.5. The molecule has 1 unspecified atom stereocenters. The molecule has 1 aliphatic carbocycles. The van der Waals surface area contributed by atoms with E-state index in [-0.39, 0.29) is 11.9 Å². The number of hydrogen-bond acceptors (Lipinski definition) is 3. The van der Waals surface area contributed by atoms with Crippen LogP contribution in [-0.2, 0) is 0 Å². The number of fused-ring (bicyclic) bond motifs is 1. The van der Waals surface area contributed by atoms with Crippen LogP contribution in [0.25, 0.3) is 0 Å². The minimum Gasteiger partial charge on any atom is -0.315 e. The molecule has 1 aromatic carbocycles. The second-order valence-corrected chi connectivity index (χ2v) is 9.47. The molecule has 7 heteroatoms. The van der Waals surface area contributed by atoms with Gasteiger partial charge in [0.25, 0.3) is 5.91 Å². The van der Waals surface area contributed by atoms with E-state index in [0.29, 0.717) is 17.2 Å². The fourth-order valence-electron chi connectivity index (χ4n) is 4.79. The Kier molecular flexibility index (Phi) is 5.09.